The summed E-state index contributed by atoms with van der Waals surface area (Å²) in [5.74, 6) is 0.526. The minimum atomic E-state index is -0.473. The van der Waals surface area contributed by atoms with Crippen LogP contribution in [0.4, 0.5) is 10.5 Å². The fourth-order valence-electron chi connectivity index (χ4n) is 3.80. The largest absolute Gasteiger partial charge is 0.444 e. The smallest absolute Gasteiger partial charge is 0.410 e. The lowest BCUT2D eigenvalue weighted by molar-refractivity contribution is -0.00878. The van der Waals surface area contributed by atoms with Crippen LogP contribution < -0.4 is 5.32 Å². The van der Waals surface area contributed by atoms with Crippen LogP contribution in [0.15, 0.2) is 46.9 Å². The van der Waals surface area contributed by atoms with Crippen molar-refractivity contribution in [1.82, 2.24) is 9.88 Å². The molecular formula is C26H30N4O4. The van der Waals surface area contributed by atoms with Gasteiger partial charge in [0.15, 0.2) is 5.58 Å². The molecule has 0 aliphatic carbocycles. The molecule has 4 rings (SSSR count). The molecule has 1 amide bonds. The van der Waals surface area contributed by atoms with Gasteiger partial charge in [0.05, 0.1) is 24.3 Å². The highest BCUT2D eigenvalue weighted by atomic mass is 16.6. The summed E-state index contributed by atoms with van der Waals surface area (Å²) in [6.45, 7) is 8.22. The van der Waals surface area contributed by atoms with Crippen LogP contribution in [0.2, 0.25) is 0 Å². The number of hydrogen-bond acceptors (Lipinski definition) is 7. The van der Waals surface area contributed by atoms with E-state index < -0.39 is 5.60 Å². The number of fused-ring (bicyclic) bond motifs is 1. The summed E-state index contributed by atoms with van der Waals surface area (Å²) in [7, 11) is 0. The zero-order chi connectivity index (χ0) is 24.1. The fourth-order valence-corrected chi connectivity index (χ4v) is 3.80. The molecule has 0 bridgehead atoms. The number of ether oxygens (including phenoxy) is 2. The SMILES string of the molecule is CC(C)(C)OC(=O)N1CCC(OCCNc2ccc(-c3nc4cc(C#N)ccc4o3)cc2)CC1. The van der Waals surface area contributed by atoms with Crippen molar-refractivity contribution in [2.45, 2.75) is 45.3 Å². The van der Waals surface area contributed by atoms with Crippen LogP contribution in [0.1, 0.15) is 39.2 Å². The van der Waals surface area contributed by atoms with Crippen LogP contribution in [-0.2, 0) is 9.47 Å². The number of aromatic nitrogens is 1. The van der Waals surface area contributed by atoms with E-state index in [-0.39, 0.29) is 12.2 Å². The maximum atomic E-state index is 12.2. The Morgan fingerprint density at radius 1 is 1.21 bits per heavy atom. The number of hydrogen-bond donors (Lipinski definition) is 1. The second-order valence-corrected chi connectivity index (χ2v) is 9.35. The summed E-state index contributed by atoms with van der Waals surface area (Å²) in [5, 5.41) is 12.4. The first-order valence-electron chi connectivity index (χ1n) is 11.6. The number of carbonyl (C=O) groups excluding carboxylic acids is 1. The number of amides is 1. The zero-order valence-electron chi connectivity index (χ0n) is 19.8. The third kappa shape index (κ3) is 6.06. The number of nitriles is 1. The Hall–Kier alpha value is -3.57. The normalized spacial score (nSPS) is 14.7. The third-order valence-electron chi connectivity index (χ3n) is 5.53. The second kappa shape index (κ2) is 10.1. The van der Waals surface area contributed by atoms with E-state index in [0.29, 0.717) is 48.8 Å². The molecule has 3 aromatic rings. The van der Waals surface area contributed by atoms with Crippen molar-refractivity contribution in [3.05, 3.63) is 48.0 Å². The van der Waals surface area contributed by atoms with Crippen molar-refractivity contribution in [1.29, 1.82) is 5.26 Å². The second-order valence-electron chi connectivity index (χ2n) is 9.35. The van der Waals surface area contributed by atoms with E-state index in [1.54, 1.807) is 23.1 Å². The Morgan fingerprint density at radius 2 is 1.94 bits per heavy atom. The minimum Gasteiger partial charge on any atom is -0.444 e. The van der Waals surface area contributed by atoms with Crippen molar-refractivity contribution in [3.8, 4) is 17.5 Å². The molecule has 1 saturated heterocycles. The standard InChI is InChI=1S/C26H30N4O4/c1-26(2,3)34-25(31)30-13-10-21(11-14-30)32-15-12-28-20-7-5-19(6-8-20)24-29-22-16-18(17-27)4-9-23(22)33-24/h4-9,16,21,28H,10-15H2,1-3H3. The van der Waals surface area contributed by atoms with Gasteiger partial charge in [-0.15, -0.1) is 0 Å². The molecule has 1 aromatic heterocycles. The Labute approximate surface area is 199 Å². The van der Waals surface area contributed by atoms with Gasteiger partial charge in [0.2, 0.25) is 5.89 Å². The van der Waals surface area contributed by atoms with E-state index in [9.17, 15) is 4.79 Å². The van der Waals surface area contributed by atoms with Crippen molar-refractivity contribution >= 4 is 22.9 Å². The molecule has 1 aliphatic heterocycles. The van der Waals surface area contributed by atoms with Gasteiger partial charge in [0, 0.05) is 30.9 Å². The first-order chi connectivity index (χ1) is 16.3. The summed E-state index contributed by atoms with van der Waals surface area (Å²) >= 11 is 0. The van der Waals surface area contributed by atoms with E-state index in [1.807, 2.05) is 45.0 Å². The predicted octanol–water partition coefficient (Wildman–Crippen LogP) is 5.19. The number of oxazole rings is 1. The van der Waals surface area contributed by atoms with Gasteiger partial charge in [-0.3, -0.25) is 0 Å². The van der Waals surface area contributed by atoms with Gasteiger partial charge in [-0.1, -0.05) is 0 Å². The van der Waals surface area contributed by atoms with Crippen LogP contribution in [0.5, 0.6) is 0 Å². The molecule has 8 nitrogen and oxygen atoms in total. The van der Waals surface area contributed by atoms with Crippen molar-refractivity contribution in [3.63, 3.8) is 0 Å². The number of likely N-dealkylation sites (tertiary alicyclic amines) is 1. The summed E-state index contributed by atoms with van der Waals surface area (Å²) in [5.41, 5.74) is 3.26. The third-order valence-corrected chi connectivity index (χ3v) is 5.53. The van der Waals surface area contributed by atoms with Crippen molar-refractivity contribution in [2.24, 2.45) is 0 Å². The number of carbonyl (C=O) groups is 1. The molecule has 8 heteroatoms. The molecule has 0 saturated carbocycles. The molecule has 178 valence electrons. The molecule has 2 heterocycles. The molecule has 1 aliphatic rings. The van der Waals surface area contributed by atoms with E-state index in [1.165, 1.54) is 0 Å². The molecule has 1 fully saturated rings. The van der Waals surface area contributed by atoms with Crippen LogP contribution in [0.3, 0.4) is 0 Å². The monoisotopic (exact) mass is 462 g/mol. The van der Waals surface area contributed by atoms with Crippen LogP contribution >= 0.6 is 0 Å². The number of nitrogens with zero attached hydrogens (tertiary/aromatic N) is 3. The molecule has 2 aromatic carbocycles. The molecule has 34 heavy (non-hydrogen) atoms. The van der Waals surface area contributed by atoms with Gasteiger partial charge < -0.3 is 24.1 Å². The van der Waals surface area contributed by atoms with Gasteiger partial charge in [-0.25, -0.2) is 9.78 Å². The van der Waals surface area contributed by atoms with Gasteiger partial charge in [0.1, 0.15) is 11.1 Å². The molecule has 0 unspecified atom stereocenters. The highest BCUT2D eigenvalue weighted by Gasteiger charge is 2.27. The van der Waals surface area contributed by atoms with E-state index >= 15 is 0 Å². The topological polar surface area (TPSA) is 101 Å². The Bertz CT molecular complexity index is 1170. The quantitative estimate of drug-likeness (QED) is 0.503. The minimum absolute atomic E-state index is 0.156. The first kappa shape index (κ1) is 23.6. The van der Waals surface area contributed by atoms with Gasteiger partial charge >= 0.3 is 6.09 Å². The fraction of sp³-hybridized carbons (Fsp3) is 0.423. The highest BCUT2D eigenvalue weighted by molar-refractivity contribution is 5.78. The highest BCUT2D eigenvalue weighted by Crippen LogP contribution is 2.26. The van der Waals surface area contributed by atoms with E-state index in [0.717, 1.165) is 24.1 Å². The van der Waals surface area contributed by atoms with Crippen LogP contribution in [-0.4, -0.2) is 53.9 Å². The lowest BCUT2D eigenvalue weighted by Gasteiger charge is -2.33. The van der Waals surface area contributed by atoms with E-state index in [4.69, 9.17) is 19.2 Å². The zero-order valence-corrected chi connectivity index (χ0v) is 19.8. The molecular weight excluding hydrogens is 432 g/mol. The van der Waals surface area contributed by atoms with Gasteiger partial charge in [-0.05, 0) is 76.1 Å². The average Bonchev–Trinajstić information content (AvgIpc) is 3.25. The van der Waals surface area contributed by atoms with Crippen LogP contribution in [0, 0.1) is 11.3 Å². The number of piperidine rings is 1. The Balaban J connectivity index is 1.20. The maximum Gasteiger partial charge on any atom is 0.410 e. The molecule has 0 spiro atoms. The number of rotatable bonds is 6. The van der Waals surface area contributed by atoms with Gasteiger partial charge in [-0.2, -0.15) is 5.26 Å². The molecule has 1 N–H and O–H groups in total. The maximum absolute atomic E-state index is 12.2. The average molecular weight is 463 g/mol. The van der Waals surface area contributed by atoms with Crippen molar-refractivity contribution in [2.75, 3.05) is 31.6 Å². The Morgan fingerprint density at radius 3 is 2.62 bits per heavy atom. The van der Waals surface area contributed by atoms with Crippen LogP contribution in [0.25, 0.3) is 22.6 Å². The summed E-state index contributed by atoms with van der Waals surface area (Å²) < 4.78 is 17.2. The molecule has 0 atom stereocenters. The number of nitrogens with one attached hydrogen (secondary N) is 1. The predicted molar refractivity (Wildman–Crippen MR) is 129 cm³/mol. The first-order valence-corrected chi connectivity index (χ1v) is 11.6. The lowest BCUT2D eigenvalue weighted by atomic mass is 10.1. The lowest BCUT2D eigenvalue weighted by Crippen LogP contribution is -2.43. The summed E-state index contributed by atoms with van der Waals surface area (Å²) in [6, 6.07) is 15.2. The van der Waals surface area contributed by atoms with Gasteiger partial charge in [0.25, 0.3) is 0 Å². The molecule has 0 radical (unpaired) electrons. The summed E-state index contributed by atoms with van der Waals surface area (Å²) in [4.78, 5) is 18.4. The Kier molecular flexibility index (Phi) is 7.03. The van der Waals surface area contributed by atoms with Crippen molar-refractivity contribution < 1.29 is 18.7 Å². The number of anilines is 1. The van der Waals surface area contributed by atoms with E-state index in [2.05, 4.69) is 16.4 Å². The number of benzene rings is 2. The summed E-state index contributed by atoms with van der Waals surface area (Å²) in [6.07, 6.45) is 1.53.